The van der Waals surface area contributed by atoms with E-state index in [0.717, 1.165) is 5.52 Å². The highest BCUT2D eigenvalue weighted by atomic mass is 16.6. The molecule has 3 N–H and O–H groups in total. The van der Waals surface area contributed by atoms with Crippen molar-refractivity contribution in [3.63, 3.8) is 0 Å². The minimum Gasteiger partial charge on any atom is -0.468 e. The fourth-order valence-corrected chi connectivity index (χ4v) is 2.51. The summed E-state index contributed by atoms with van der Waals surface area (Å²) in [6, 6.07) is 7.59. The molecular formula is C13H16N2O5. The summed E-state index contributed by atoms with van der Waals surface area (Å²) in [5, 5.41) is 29.1. The van der Waals surface area contributed by atoms with E-state index in [1.165, 1.54) is 7.11 Å². The number of aromatic nitrogens is 2. The Hall–Kier alpha value is -1.67. The van der Waals surface area contributed by atoms with Gasteiger partial charge in [0, 0.05) is 0 Å². The van der Waals surface area contributed by atoms with E-state index in [9.17, 15) is 10.2 Å². The first kappa shape index (κ1) is 13.3. The van der Waals surface area contributed by atoms with E-state index in [4.69, 9.17) is 14.6 Å². The highest BCUT2D eigenvalue weighted by molar-refractivity contribution is 5.76. The van der Waals surface area contributed by atoms with Crippen molar-refractivity contribution in [3.05, 3.63) is 24.3 Å². The predicted octanol–water partition coefficient (Wildman–Crippen LogP) is -0.344. The van der Waals surface area contributed by atoms with Crippen LogP contribution >= 0.6 is 0 Å². The quantitative estimate of drug-likeness (QED) is 0.711. The van der Waals surface area contributed by atoms with E-state index in [-0.39, 0.29) is 12.6 Å². The van der Waals surface area contributed by atoms with Crippen molar-refractivity contribution in [3.8, 4) is 6.01 Å². The summed E-state index contributed by atoms with van der Waals surface area (Å²) < 4.78 is 12.3. The topological polar surface area (TPSA) is 97.0 Å². The molecule has 0 amide bonds. The number of hydrogen-bond acceptors (Lipinski definition) is 6. The number of benzene rings is 1. The molecule has 7 nitrogen and oxygen atoms in total. The van der Waals surface area contributed by atoms with Crippen molar-refractivity contribution >= 4 is 11.0 Å². The second-order valence-corrected chi connectivity index (χ2v) is 4.69. The van der Waals surface area contributed by atoms with Crippen LogP contribution in [0.4, 0.5) is 0 Å². The summed E-state index contributed by atoms with van der Waals surface area (Å²) >= 11 is 0. The van der Waals surface area contributed by atoms with E-state index in [1.807, 2.05) is 24.3 Å². The summed E-state index contributed by atoms with van der Waals surface area (Å²) in [6.45, 7) is -0.371. The summed E-state index contributed by atoms with van der Waals surface area (Å²) in [6.07, 6.45) is -4.01. The molecule has 0 unspecified atom stereocenters. The summed E-state index contributed by atoms with van der Waals surface area (Å²) in [7, 11) is 1.47. The van der Waals surface area contributed by atoms with Crippen LogP contribution in [0.1, 0.15) is 6.23 Å². The van der Waals surface area contributed by atoms with Gasteiger partial charge in [0.2, 0.25) is 0 Å². The average Bonchev–Trinajstić information content (AvgIpc) is 2.98. The van der Waals surface area contributed by atoms with Gasteiger partial charge in [-0.2, -0.15) is 4.98 Å². The van der Waals surface area contributed by atoms with Crippen LogP contribution in [0.25, 0.3) is 11.0 Å². The first-order valence-corrected chi connectivity index (χ1v) is 6.30. The molecule has 20 heavy (non-hydrogen) atoms. The number of aliphatic hydroxyl groups is 3. The third-order valence-electron chi connectivity index (χ3n) is 3.52. The summed E-state index contributed by atoms with van der Waals surface area (Å²) in [5.41, 5.74) is 1.42. The molecule has 1 fully saturated rings. The van der Waals surface area contributed by atoms with E-state index in [1.54, 1.807) is 4.57 Å². The molecule has 1 aromatic carbocycles. The number of rotatable bonds is 3. The van der Waals surface area contributed by atoms with Gasteiger partial charge >= 0.3 is 0 Å². The molecule has 7 heteroatoms. The van der Waals surface area contributed by atoms with Crippen LogP contribution in [0.3, 0.4) is 0 Å². The third-order valence-corrected chi connectivity index (χ3v) is 3.52. The van der Waals surface area contributed by atoms with Gasteiger partial charge in [-0.25, -0.2) is 0 Å². The maximum atomic E-state index is 10.1. The summed E-state index contributed by atoms with van der Waals surface area (Å²) in [4.78, 5) is 4.29. The molecule has 3 rings (SSSR count). The molecule has 0 bridgehead atoms. The molecule has 0 spiro atoms. The number of methoxy groups -OCH3 is 1. The largest absolute Gasteiger partial charge is 0.468 e. The van der Waals surface area contributed by atoms with Crippen molar-refractivity contribution in [2.24, 2.45) is 0 Å². The molecule has 108 valence electrons. The van der Waals surface area contributed by atoms with Gasteiger partial charge in [0.15, 0.2) is 6.23 Å². The molecule has 4 atom stereocenters. The zero-order chi connectivity index (χ0) is 14.3. The Morgan fingerprint density at radius 3 is 2.70 bits per heavy atom. The fourth-order valence-electron chi connectivity index (χ4n) is 2.51. The van der Waals surface area contributed by atoms with Crippen LogP contribution in [0.2, 0.25) is 0 Å². The maximum Gasteiger partial charge on any atom is 0.299 e. The lowest BCUT2D eigenvalue weighted by molar-refractivity contribution is -0.0535. The van der Waals surface area contributed by atoms with Crippen molar-refractivity contribution in [1.29, 1.82) is 0 Å². The van der Waals surface area contributed by atoms with Crippen molar-refractivity contribution in [2.45, 2.75) is 24.5 Å². The maximum absolute atomic E-state index is 10.1. The number of nitrogens with zero attached hydrogens (tertiary/aromatic N) is 2. The number of imidazole rings is 1. The first-order chi connectivity index (χ1) is 9.67. The van der Waals surface area contributed by atoms with Crippen molar-refractivity contribution < 1.29 is 24.8 Å². The summed E-state index contributed by atoms with van der Waals surface area (Å²) in [5.74, 6) is 0. The molecule has 0 saturated carbocycles. The van der Waals surface area contributed by atoms with Gasteiger partial charge in [-0.1, -0.05) is 12.1 Å². The van der Waals surface area contributed by atoms with Crippen LogP contribution in [0.5, 0.6) is 6.01 Å². The van der Waals surface area contributed by atoms with Crippen molar-refractivity contribution in [2.75, 3.05) is 13.7 Å². The van der Waals surface area contributed by atoms with Gasteiger partial charge in [0.1, 0.15) is 18.3 Å². The Morgan fingerprint density at radius 1 is 1.30 bits per heavy atom. The second-order valence-electron chi connectivity index (χ2n) is 4.69. The Balaban J connectivity index is 2.10. The van der Waals surface area contributed by atoms with Gasteiger partial charge in [-0.05, 0) is 12.1 Å². The molecule has 1 saturated heterocycles. The van der Waals surface area contributed by atoms with Crippen LogP contribution in [-0.4, -0.2) is 56.9 Å². The van der Waals surface area contributed by atoms with E-state index < -0.39 is 24.5 Å². The van der Waals surface area contributed by atoms with Gasteiger partial charge < -0.3 is 24.8 Å². The Labute approximate surface area is 115 Å². The predicted molar refractivity (Wildman–Crippen MR) is 69.3 cm³/mol. The van der Waals surface area contributed by atoms with E-state index >= 15 is 0 Å². The molecule has 2 aromatic rings. The first-order valence-electron chi connectivity index (χ1n) is 6.30. The van der Waals surface area contributed by atoms with Gasteiger partial charge in [-0.15, -0.1) is 0 Å². The zero-order valence-electron chi connectivity index (χ0n) is 10.9. The highest BCUT2D eigenvalue weighted by Gasteiger charge is 2.44. The highest BCUT2D eigenvalue weighted by Crippen LogP contribution is 2.35. The lowest BCUT2D eigenvalue weighted by Gasteiger charge is -2.18. The van der Waals surface area contributed by atoms with Crippen LogP contribution < -0.4 is 4.74 Å². The lowest BCUT2D eigenvalue weighted by atomic mass is 10.1. The number of para-hydroxylation sites is 2. The number of fused-ring (bicyclic) bond motifs is 1. The minimum atomic E-state index is -1.17. The number of ether oxygens (including phenoxy) is 2. The Kier molecular flexibility index (Phi) is 3.35. The van der Waals surface area contributed by atoms with Gasteiger partial charge in [0.25, 0.3) is 6.01 Å². The minimum absolute atomic E-state index is 0.279. The average molecular weight is 280 g/mol. The number of aliphatic hydroxyl groups excluding tert-OH is 3. The molecule has 1 aromatic heterocycles. The Morgan fingerprint density at radius 2 is 2.05 bits per heavy atom. The fraction of sp³-hybridized carbons (Fsp3) is 0.462. The van der Waals surface area contributed by atoms with Crippen LogP contribution in [-0.2, 0) is 4.74 Å². The molecule has 0 radical (unpaired) electrons. The second kappa shape index (κ2) is 5.02. The Bertz CT molecular complexity index is 614. The molecule has 1 aliphatic rings. The van der Waals surface area contributed by atoms with Gasteiger partial charge in [-0.3, -0.25) is 4.57 Å². The lowest BCUT2D eigenvalue weighted by Crippen LogP contribution is -2.33. The van der Waals surface area contributed by atoms with E-state index in [0.29, 0.717) is 5.52 Å². The molecule has 1 aliphatic heterocycles. The van der Waals surface area contributed by atoms with Gasteiger partial charge in [0.05, 0.1) is 24.8 Å². The number of hydrogen-bond donors (Lipinski definition) is 3. The smallest absolute Gasteiger partial charge is 0.299 e. The monoisotopic (exact) mass is 280 g/mol. The normalized spacial score (nSPS) is 30.0. The third kappa shape index (κ3) is 1.87. The molecule has 2 heterocycles. The van der Waals surface area contributed by atoms with Crippen LogP contribution in [0.15, 0.2) is 24.3 Å². The SMILES string of the molecule is COc1nc2ccccc2n1[C@@H]1O[C@@H](CO)[C@@H](O)[C@H]1O. The standard InChI is InChI=1S/C13H16N2O5/c1-19-13-14-7-4-2-3-5-8(7)15(13)12-11(18)10(17)9(6-16)20-12/h2-5,9-12,16-18H,6H2,1H3/t9-,10+,11+,12+/m0/s1. The van der Waals surface area contributed by atoms with Crippen LogP contribution in [0, 0.1) is 0 Å². The zero-order valence-corrected chi connectivity index (χ0v) is 10.9. The molecular weight excluding hydrogens is 264 g/mol. The molecule has 0 aliphatic carbocycles. The van der Waals surface area contributed by atoms with Crippen molar-refractivity contribution in [1.82, 2.24) is 9.55 Å². The van der Waals surface area contributed by atoms with E-state index in [2.05, 4.69) is 4.98 Å².